The van der Waals surface area contributed by atoms with Gasteiger partial charge in [0.1, 0.15) is 5.82 Å². The monoisotopic (exact) mass is 439 g/mol. The van der Waals surface area contributed by atoms with Crippen LogP contribution in [0.15, 0.2) is 42.5 Å². The van der Waals surface area contributed by atoms with Crippen molar-refractivity contribution in [1.29, 1.82) is 0 Å². The maximum absolute atomic E-state index is 14.3. The van der Waals surface area contributed by atoms with Crippen molar-refractivity contribution < 1.29 is 32.3 Å². The highest BCUT2D eigenvalue weighted by molar-refractivity contribution is 5.96. The third-order valence-corrected chi connectivity index (χ3v) is 5.30. The summed E-state index contributed by atoms with van der Waals surface area (Å²) in [5.41, 5.74) is 1.24. The van der Waals surface area contributed by atoms with Crippen LogP contribution in [0.2, 0.25) is 0 Å². The number of aliphatic carboxylic acids is 1. The van der Waals surface area contributed by atoms with Crippen LogP contribution in [0.25, 0.3) is 0 Å². The molecule has 2 aromatic rings. The number of hydrogen-bond acceptors (Lipinski definition) is 2. The van der Waals surface area contributed by atoms with Crippen LogP contribution in [-0.2, 0) is 22.4 Å². The normalized spacial score (nSPS) is 14.5. The van der Waals surface area contributed by atoms with Crippen LogP contribution in [0, 0.1) is 17.7 Å². The fourth-order valence-electron chi connectivity index (χ4n) is 3.26. The highest BCUT2D eigenvalue weighted by Crippen LogP contribution is 2.38. The number of anilines is 1. The van der Waals surface area contributed by atoms with Gasteiger partial charge in [-0.3, -0.25) is 9.59 Å². The summed E-state index contributed by atoms with van der Waals surface area (Å²) in [5, 5.41) is 11.3. The number of alkyl halides is 3. The fraction of sp³-hybridized carbons (Fsp3) is 0.391. The van der Waals surface area contributed by atoms with Crippen molar-refractivity contribution in [2.24, 2.45) is 11.8 Å². The zero-order valence-corrected chi connectivity index (χ0v) is 17.5. The van der Waals surface area contributed by atoms with E-state index in [1.54, 1.807) is 12.1 Å². The largest absolute Gasteiger partial charge is 0.481 e. The lowest BCUT2D eigenvalue weighted by atomic mass is 9.85. The van der Waals surface area contributed by atoms with Gasteiger partial charge in [-0.2, -0.15) is 13.2 Å². The van der Waals surface area contributed by atoms with Crippen molar-refractivity contribution in [2.75, 3.05) is 5.32 Å². The molecule has 3 unspecified atom stereocenters. The molecule has 3 atom stereocenters. The highest BCUT2D eigenvalue weighted by atomic mass is 19.4. The summed E-state index contributed by atoms with van der Waals surface area (Å²) in [7, 11) is 0. The summed E-state index contributed by atoms with van der Waals surface area (Å²) in [6.45, 7) is 4.29. The Balaban J connectivity index is 2.35. The van der Waals surface area contributed by atoms with E-state index < -0.39 is 41.6 Å². The topological polar surface area (TPSA) is 66.4 Å². The predicted molar refractivity (Wildman–Crippen MR) is 109 cm³/mol. The molecule has 8 heteroatoms. The number of carboxylic acid groups (broad SMARTS) is 1. The van der Waals surface area contributed by atoms with Gasteiger partial charge in [0.2, 0.25) is 5.91 Å². The number of amides is 1. The van der Waals surface area contributed by atoms with Crippen LogP contribution in [0.3, 0.4) is 0 Å². The Bertz CT molecular complexity index is 925. The Labute approximate surface area is 178 Å². The van der Waals surface area contributed by atoms with E-state index in [4.69, 9.17) is 5.11 Å². The van der Waals surface area contributed by atoms with Gasteiger partial charge in [-0.15, -0.1) is 0 Å². The van der Waals surface area contributed by atoms with E-state index in [9.17, 15) is 27.2 Å². The molecule has 2 aromatic carbocycles. The first-order valence-electron chi connectivity index (χ1n) is 9.91. The van der Waals surface area contributed by atoms with Crippen molar-refractivity contribution in [1.82, 2.24) is 0 Å². The predicted octanol–water partition coefficient (Wildman–Crippen LogP) is 5.57. The molecule has 168 valence electrons. The lowest BCUT2D eigenvalue weighted by Gasteiger charge is -2.26. The number of carbonyl (C=O) groups excluding carboxylic acids is 1. The van der Waals surface area contributed by atoms with E-state index in [1.807, 2.05) is 6.92 Å². The third-order valence-electron chi connectivity index (χ3n) is 5.30. The maximum atomic E-state index is 14.3. The summed E-state index contributed by atoms with van der Waals surface area (Å²) in [4.78, 5) is 23.9. The number of rotatable bonds is 8. The summed E-state index contributed by atoms with van der Waals surface area (Å²) >= 11 is 0. The summed E-state index contributed by atoms with van der Waals surface area (Å²) in [5.74, 6) is -7.17. The molecule has 0 bridgehead atoms. The van der Waals surface area contributed by atoms with Crippen molar-refractivity contribution in [3.05, 3.63) is 65.0 Å². The second-order valence-electron chi connectivity index (χ2n) is 7.65. The lowest BCUT2D eigenvalue weighted by molar-refractivity contribution is -0.178. The highest BCUT2D eigenvalue weighted by Gasteiger charge is 2.45. The molecule has 0 aliphatic carbocycles. The molecule has 0 saturated heterocycles. The zero-order valence-electron chi connectivity index (χ0n) is 17.5. The molecule has 0 spiro atoms. The number of carboxylic acids is 1. The first-order chi connectivity index (χ1) is 14.4. The molecule has 0 aromatic heterocycles. The number of halogens is 4. The van der Waals surface area contributed by atoms with Crippen LogP contribution in [0.5, 0.6) is 0 Å². The molecule has 2 N–H and O–H groups in total. The Morgan fingerprint density at radius 2 is 1.61 bits per heavy atom. The summed E-state index contributed by atoms with van der Waals surface area (Å²) in [6.07, 6.45) is -3.86. The average molecular weight is 439 g/mol. The minimum atomic E-state index is -4.64. The Kier molecular flexibility index (Phi) is 7.81. The molecule has 4 nitrogen and oxygen atoms in total. The smallest absolute Gasteiger partial charge is 0.392 e. The average Bonchev–Trinajstić information content (AvgIpc) is 2.70. The summed E-state index contributed by atoms with van der Waals surface area (Å²) in [6, 6.07) is 9.96. The lowest BCUT2D eigenvalue weighted by Crippen LogP contribution is -2.34. The van der Waals surface area contributed by atoms with Gasteiger partial charge >= 0.3 is 12.1 Å². The van der Waals surface area contributed by atoms with Gasteiger partial charge in [0.15, 0.2) is 0 Å². The quantitative estimate of drug-likeness (QED) is 0.529. The maximum Gasteiger partial charge on any atom is 0.392 e. The number of benzene rings is 2. The molecule has 0 aliphatic rings. The van der Waals surface area contributed by atoms with Gasteiger partial charge in [-0.25, -0.2) is 4.39 Å². The standard InChI is InChI=1S/C23H25F4NO3/c1-4-15-5-8-17(9-6-15)20(14(3)23(25,26)27)21(29)28-19-12-16(7-10-18(19)24)11-13(2)22(30)31/h5-10,12-14,20H,4,11H2,1-3H3,(H,28,29)(H,30,31). The number of carbonyl (C=O) groups is 2. The first kappa shape index (κ1) is 24.4. The van der Waals surface area contributed by atoms with Crippen LogP contribution < -0.4 is 5.32 Å². The molecule has 0 aliphatic heterocycles. The van der Waals surface area contributed by atoms with Crippen LogP contribution >= 0.6 is 0 Å². The number of hydrogen-bond donors (Lipinski definition) is 2. The van der Waals surface area contributed by atoms with Crippen LogP contribution in [0.1, 0.15) is 43.4 Å². The minimum Gasteiger partial charge on any atom is -0.481 e. The van der Waals surface area contributed by atoms with E-state index in [0.717, 1.165) is 18.6 Å². The number of aryl methyl sites for hydroxylation is 1. The third kappa shape index (κ3) is 6.29. The second-order valence-corrected chi connectivity index (χ2v) is 7.65. The fourth-order valence-corrected chi connectivity index (χ4v) is 3.26. The van der Waals surface area contributed by atoms with E-state index >= 15 is 0 Å². The van der Waals surface area contributed by atoms with Gasteiger partial charge in [0, 0.05) is 0 Å². The Morgan fingerprint density at radius 1 is 1.03 bits per heavy atom. The van der Waals surface area contributed by atoms with E-state index in [-0.39, 0.29) is 17.7 Å². The summed E-state index contributed by atoms with van der Waals surface area (Å²) < 4.78 is 54.7. The molecular weight excluding hydrogens is 414 g/mol. The Hall–Kier alpha value is -2.90. The number of nitrogens with one attached hydrogen (secondary N) is 1. The molecule has 0 radical (unpaired) electrons. The molecule has 0 fully saturated rings. The molecule has 2 rings (SSSR count). The van der Waals surface area contributed by atoms with Crippen LogP contribution in [0.4, 0.5) is 23.2 Å². The van der Waals surface area contributed by atoms with Crippen molar-refractivity contribution in [3.8, 4) is 0 Å². The second kappa shape index (κ2) is 9.94. The van der Waals surface area contributed by atoms with E-state index in [1.165, 1.54) is 31.2 Å². The molecule has 1 amide bonds. The van der Waals surface area contributed by atoms with E-state index in [2.05, 4.69) is 5.32 Å². The van der Waals surface area contributed by atoms with Gasteiger partial charge in [-0.1, -0.05) is 51.1 Å². The van der Waals surface area contributed by atoms with Crippen molar-refractivity contribution in [3.63, 3.8) is 0 Å². The van der Waals surface area contributed by atoms with Gasteiger partial charge in [-0.05, 0) is 41.7 Å². The van der Waals surface area contributed by atoms with Gasteiger partial charge < -0.3 is 10.4 Å². The molecule has 0 saturated carbocycles. The van der Waals surface area contributed by atoms with Crippen molar-refractivity contribution >= 4 is 17.6 Å². The van der Waals surface area contributed by atoms with Gasteiger partial charge in [0.05, 0.1) is 23.4 Å². The first-order valence-corrected chi connectivity index (χ1v) is 9.91. The zero-order chi connectivity index (χ0) is 23.3. The van der Waals surface area contributed by atoms with Crippen LogP contribution in [-0.4, -0.2) is 23.2 Å². The minimum absolute atomic E-state index is 0.0827. The van der Waals surface area contributed by atoms with Crippen molar-refractivity contribution in [2.45, 2.75) is 45.7 Å². The Morgan fingerprint density at radius 3 is 2.13 bits per heavy atom. The SMILES string of the molecule is CCc1ccc(C(C(=O)Nc2cc(CC(C)C(=O)O)ccc2F)C(C)C(F)(F)F)cc1. The molecule has 31 heavy (non-hydrogen) atoms. The molecule has 0 heterocycles. The molecular formula is C23H25F4NO3. The van der Waals surface area contributed by atoms with E-state index in [0.29, 0.717) is 12.0 Å². The van der Waals surface area contributed by atoms with Gasteiger partial charge in [0.25, 0.3) is 0 Å².